The fraction of sp³-hybridized carbons (Fsp3) is 0.600. The molecule has 6 heteroatoms. The molecule has 0 aromatic carbocycles. The number of thioether (sulfide) groups is 2. The Morgan fingerprint density at radius 2 is 2.19 bits per heavy atom. The molecule has 1 heterocycles. The first kappa shape index (κ1) is 13.4. The van der Waals surface area contributed by atoms with Crippen molar-refractivity contribution in [1.82, 2.24) is 9.97 Å². The fourth-order valence-electron chi connectivity index (χ4n) is 1.25. The summed E-state index contributed by atoms with van der Waals surface area (Å²) in [4.78, 5) is 8.44. The Hall–Kier alpha value is -0.620. The summed E-state index contributed by atoms with van der Waals surface area (Å²) in [6.45, 7) is 3.12. The van der Waals surface area contributed by atoms with Crippen LogP contribution < -0.4 is 11.1 Å². The van der Waals surface area contributed by atoms with Crippen molar-refractivity contribution in [2.24, 2.45) is 5.92 Å². The van der Waals surface area contributed by atoms with Crippen LogP contribution in [0.5, 0.6) is 0 Å². The molecule has 3 N–H and O–H groups in total. The number of nitrogen functional groups attached to an aromatic ring is 1. The van der Waals surface area contributed by atoms with Gasteiger partial charge in [-0.1, -0.05) is 18.7 Å². The van der Waals surface area contributed by atoms with Gasteiger partial charge in [-0.3, -0.25) is 0 Å². The van der Waals surface area contributed by atoms with Gasteiger partial charge in [0.1, 0.15) is 11.6 Å². The molecule has 0 aliphatic rings. The van der Waals surface area contributed by atoms with Crippen LogP contribution in [0.15, 0.2) is 11.2 Å². The fourth-order valence-corrected chi connectivity index (χ4v) is 2.32. The third kappa shape index (κ3) is 4.49. The Labute approximate surface area is 105 Å². The first-order valence-electron chi connectivity index (χ1n) is 5.07. The molecule has 16 heavy (non-hydrogen) atoms. The molecule has 0 spiro atoms. The van der Waals surface area contributed by atoms with Gasteiger partial charge in [0.2, 0.25) is 0 Å². The SMILES string of the molecule is CSCC(C)CNc1cc(N)nc(SC)n1. The molecule has 1 rings (SSSR count). The zero-order valence-electron chi connectivity index (χ0n) is 9.86. The van der Waals surface area contributed by atoms with E-state index in [0.717, 1.165) is 18.1 Å². The third-order valence-corrected chi connectivity index (χ3v) is 3.44. The zero-order valence-corrected chi connectivity index (χ0v) is 11.5. The van der Waals surface area contributed by atoms with Crippen LogP contribution in [0.3, 0.4) is 0 Å². The summed E-state index contributed by atoms with van der Waals surface area (Å²) < 4.78 is 0. The molecule has 4 nitrogen and oxygen atoms in total. The van der Waals surface area contributed by atoms with Gasteiger partial charge in [-0.05, 0) is 24.2 Å². The molecule has 1 unspecified atom stereocenters. The van der Waals surface area contributed by atoms with E-state index in [1.165, 1.54) is 11.8 Å². The molecule has 0 fully saturated rings. The van der Waals surface area contributed by atoms with Gasteiger partial charge in [0.25, 0.3) is 0 Å². The average molecular weight is 258 g/mol. The smallest absolute Gasteiger partial charge is 0.191 e. The van der Waals surface area contributed by atoms with Crippen molar-refractivity contribution in [3.05, 3.63) is 6.07 Å². The van der Waals surface area contributed by atoms with Crippen LogP contribution in [-0.4, -0.2) is 34.8 Å². The van der Waals surface area contributed by atoms with Crippen molar-refractivity contribution < 1.29 is 0 Å². The van der Waals surface area contributed by atoms with E-state index in [1.54, 1.807) is 6.07 Å². The topological polar surface area (TPSA) is 63.8 Å². The Bertz CT molecular complexity index is 333. The number of hydrogen-bond acceptors (Lipinski definition) is 6. The van der Waals surface area contributed by atoms with Gasteiger partial charge in [-0.25, -0.2) is 9.97 Å². The van der Waals surface area contributed by atoms with Gasteiger partial charge in [-0.15, -0.1) is 0 Å². The van der Waals surface area contributed by atoms with Gasteiger partial charge in [0, 0.05) is 12.6 Å². The number of nitrogens with zero attached hydrogens (tertiary/aromatic N) is 2. The maximum atomic E-state index is 5.69. The lowest BCUT2D eigenvalue weighted by Crippen LogP contribution is -2.14. The first-order chi connectivity index (χ1) is 7.65. The van der Waals surface area contributed by atoms with Crippen LogP contribution in [0.2, 0.25) is 0 Å². The predicted molar refractivity (Wildman–Crippen MR) is 74.3 cm³/mol. The van der Waals surface area contributed by atoms with Crippen molar-refractivity contribution in [2.75, 3.05) is 35.9 Å². The average Bonchev–Trinajstić information content (AvgIpc) is 2.26. The minimum absolute atomic E-state index is 0.513. The molecule has 90 valence electrons. The standard InChI is InChI=1S/C10H18N4S2/c1-7(6-15-2)5-12-9-4-8(11)13-10(14-9)16-3/h4,7H,5-6H2,1-3H3,(H3,11,12,13,14). The summed E-state index contributed by atoms with van der Waals surface area (Å²) in [6, 6.07) is 1.77. The molecule has 1 aromatic heterocycles. The monoisotopic (exact) mass is 258 g/mol. The number of nitrogens with one attached hydrogen (secondary N) is 1. The second kappa shape index (κ2) is 6.85. The number of aromatic nitrogens is 2. The van der Waals surface area contributed by atoms with Crippen LogP contribution >= 0.6 is 23.5 Å². The van der Waals surface area contributed by atoms with Crippen molar-refractivity contribution in [2.45, 2.75) is 12.1 Å². The van der Waals surface area contributed by atoms with E-state index in [0.29, 0.717) is 16.9 Å². The van der Waals surface area contributed by atoms with Gasteiger partial charge < -0.3 is 11.1 Å². The van der Waals surface area contributed by atoms with E-state index in [9.17, 15) is 0 Å². The van der Waals surface area contributed by atoms with E-state index in [4.69, 9.17) is 5.73 Å². The van der Waals surface area contributed by atoms with E-state index in [1.807, 2.05) is 18.0 Å². The molecule has 0 amide bonds. The highest BCUT2D eigenvalue weighted by Crippen LogP contribution is 2.15. The summed E-state index contributed by atoms with van der Waals surface area (Å²) >= 11 is 3.35. The van der Waals surface area contributed by atoms with E-state index >= 15 is 0 Å². The highest BCUT2D eigenvalue weighted by atomic mass is 32.2. The minimum atomic E-state index is 0.513. The molecule has 1 atom stereocenters. The summed E-state index contributed by atoms with van der Waals surface area (Å²) in [6.07, 6.45) is 4.06. The second-order valence-electron chi connectivity index (χ2n) is 3.61. The van der Waals surface area contributed by atoms with Crippen molar-refractivity contribution in [3.63, 3.8) is 0 Å². The van der Waals surface area contributed by atoms with Crippen LogP contribution in [0, 0.1) is 5.92 Å². The number of hydrogen-bond donors (Lipinski definition) is 2. The van der Waals surface area contributed by atoms with E-state index in [-0.39, 0.29) is 0 Å². The van der Waals surface area contributed by atoms with Gasteiger partial charge in [0.15, 0.2) is 5.16 Å². The Kier molecular flexibility index (Phi) is 5.76. The summed E-state index contributed by atoms with van der Waals surface area (Å²) in [5.41, 5.74) is 5.69. The summed E-state index contributed by atoms with van der Waals surface area (Å²) in [7, 11) is 0. The molecular weight excluding hydrogens is 240 g/mol. The van der Waals surface area contributed by atoms with Crippen LogP contribution in [0.1, 0.15) is 6.92 Å². The van der Waals surface area contributed by atoms with Crippen LogP contribution in [0.25, 0.3) is 0 Å². The summed E-state index contributed by atoms with van der Waals surface area (Å²) in [5.74, 6) is 3.08. The minimum Gasteiger partial charge on any atom is -0.383 e. The summed E-state index contributed by atoms with van der Waals surface area (Å²) in [5, 5.41) is 4.00. The molecule has 0 bridgehead atoms. The second-order valence-corrected chi connectivity index (χ2v) is 5.29. The molecule has 1 aromatic rings. The zero-order chi connectivity index (χ0) is 12.0. The van der Waals surface area contributed by atoms with Gasteiger partial charge in [0.05, 0.1) is 0 Å². The molecule has 0 aliphatic carbocycles. The third-order valence-electron chi connectivity index (χ3n) is 1.99. The normalized spacial score (nSPS) is 12.4. The van der Waals surface area contributed by atoms with E-state index in [2.05, 4.69) is 28.5 Å². The van der Waals surface area contributed by atoms with Crippen molar-refractivity contribution in [3.8, 4) is 0 Å². The molecule has 0 saturated heterocycles. The lowest BCUT2D eigenvalue weighted by Gasteiger charge is -2.12. The lowest BCUT2D eigenvalue weighted by molar-refractivity contribution is 0.698. The van der Waals surface area contributed by atoms with Crippen LogP contribution in [-0.2, 0) is 0 Å². The highest BCUT2D eigenvalue weighted by Gasteiger charge is 2.04. The Morgan fingerprint density at radius 3 is 2.81 bits per heavy atom. The number of rotatable bonds is 6. The maximum absolute atomic E-state index is 5.69. The highest BCUT2D eigenvalue weighted by molar-refractivity contribution is 7.98. The van der Waals surface area contributed by atoms with Gasteiger partial charge in [-0.2, -0.15) is 11.8 Å². The Morgan fingerprint density at radius 1 is 1.44 bits per heavy atom. The Balaban J connectivity index is 2.56. The van der Waals surface area contributed by atoms with Gasteiger partial charge >= 0.3 is 0 Å². The van der Waals surface area contributed by atoms with Crippen LogP contribution in [0.4, 0.5) is 11.6 Å². The largest absolute Gasteiger partial charge is 0.383 e. The lowest BCUT2D eigenvalue weighted by atomic mass is 10.2. The van der Waals surface area contributed by atoms with E-state index < -0.39 is 0 Å². The van der Waals surface area contributed by atoms with Crippen molar-refractivity contribution >= 4 is 35.2 Å². The first-order valence-corrected chi connectivity index (χ1v) is 7.69. The number of anilines is 2. The van der Waals surface area contributed by atoms with Crippen molar-refractivity contribution in [1.29, 1.82) is 0 Å². The maximum Gasteiger partial charge on any atom is 0.191 e. The molecule has 0 aliphatic heterocycles. The molecular formula is C10H18N4S2. The molecule has 0 radical (unpaired) electrons. The predicted octanol–water partition coefficient (Wildman–Crippen LogP) is 2.19. The quantitative estimate of drug-likeness (QED) is 0.602. The number of nitrogens with two attached hydrogens (primary N) is 1. The molecule has 0 saturated carbocycles.